The van der Waals surface area contributed by atoms with E-state index in [1.165, 1.54) is 0 Å². The number of amides is 2. The number of ether oxygens (including phenoxy) is 2. The highest BCUT2D eigenvalue weighted by molar-refractivity contribution is 5.86. The molecule has 8 nitrogen and oxygen atoms in total. The third kappa shape index (κ3) is 5.19. The Morgan fingerprint density at radius 1 is 1.10 bits per heavy atom. The molecule has 1 aromatic rings. The van der Waals surface area contributed by atoms with Gasteiger partial charge < -0.3 is 19.7 Å². The average molecular weight is 431 g/mol. The summed E-state index contributed by atoms with van der Waals surface area (Å²) in [7, 11) is 1.63. The van der Waals surface area contributed by atoms with Crippen LogP contribution in [0.5, 0.6) is 5.75 Å². The summed E-state index contributed by atoms with van der Waals surface area (Å²) in [6.45, 7) is 8.26. The number of hydrogen-bond donors (Lipinski definition) is 1. The largest absolute Gasteiger partial charge is 0.496 e. The molecule has 170 valence electrons. The standard InChI is InChI=1S/C23H34N4O4/c1-30-20-5-3-2-4-19(20)16-24-21(28)17-26-8-6-23(18-26)7-9-27(22(23)29)11-10-25-12-14-31-15-13-25/h2-5H,6-18H2,1H3,(H,24,28). The van der Waals surface area contributed by atoms with E-state index < -0.39 is 0 Å². The van der Waals surface area contributed by atoms with Crippen molar-refractivity contribution >= 4 is 11.8 Å². The lowest BCUT2D eigenvalue weighted by Crippen LogP contribution is -2.44. The van der Waals surface area contributed by atoms with Gasteiger partial charge in [-0.15, -0.1) is 0 Å². The maximum atomic E-state index is 13.2. The van der Waals surface area contributed by atoms with Gasteiger partial charge in [0.2, 0.25) is 11.8 Å². The molecule has 0 saturated carbocycles. The Balaban J connectivity index is 1.23. The Bertz CT molecular complexity index is 783. The fourth-order valence-electron chi connectivity index (χ4n) is 4.97. The zero-order valence-electron chi connectivity index (χ0n) is 18.5. The van der Waals surface area contributed by atoms with Gasteiger partial charge in [0.15, 0.2) is 0 Å². The van der Waals surface area contributed by atoms with Gasteiger partial charge in [-0.25, -0.2) is 0 Å². The summed E-state index contributed by atoms with van der Waals surface area (Å²) in [4.78, 5) is 32.2. The molecule has 3 saturated heterocycles. The summed E-state index contributed by atoms with van der Waals surface area (Å²) in [6.07, 6.45) is 1.74. The van der Waals surface area contributed by atoms with Gasteiger partial charge in [-0.05, 0) is 25.5 Å². The molecule has 31 heavy (non-hydrogen) atoms. The van der Waals surface area contributed by atoms with Crippen LogP contribution >= 0.6 is 0 Å². The molecule has 0 aliphatic carbocycles. The zero-order chi connectivity index (χ0) is 21.7. The van der Waals surface area contributed by atoms with Crippen LogP contribution in [-0.4, -0.2) is 99.2 Å². The molecule has 3 aliphatic rings. The number of carbonyl (C=O) groups is 2. The number of carbonyl (C=O) groups excluding carboxylic acids is 2. The summed E-state index contributed by atoms with van der Waals surface area (Å²) in [5.74, 6) is 1.03. The van der Waals surface area contributed by atoms with Crippen molar-refractivity contribution in [2.75, 3.05) is 72.7 Å². The minimum Gasteiger partial charge on any atom is -0.496 e. The number of methoxy groups -OCH3 is 1. The number of nitrogens with one attached hydrogen (secondary N) is 1. The van der Waals surface area contributed by atoms with E-state index in [-0.39, 0.29) is 17.2 Å². The Kier molecular flexibility index (Phi) is 7.09. The zero-order valence-corrected chi connectivity index (χ0v) is 18.5. The molecule has 2 amide bonds. The van der Waals surface area contributed by atoms with E-state index in [0.29, 0.717) is 19.6 Å². The predicted octanol–water partition coefficient (Wildman–Crippen LogP) is 0.568. The van der Waals surface area contributed by atoms with E-state index in [2.05, 4.69) is 15.1 Å². The van der Waals surface area contributed by atoms with Crippen LogP contribution in [0.2, 0.25) is 0 Å². The van der Waals surface area contributed by atoms with E-state index >= 15 is 0 Å². The molecular weight excluding hydrogens is 396 g/mol. The molecule has 0 aromatic heterocycles. The SMILES string of the molecule is COc1ccccc1CNC(=O)CN1CCC2(CCN(CCN3CCOCC3)C2=O)C1. The van der Waals surface area contributed by atoms with Gasteiger partial charge >= 0.3 is 0 Å². The van der Waals surface area contributed by atoms with Crippen LogP contribution in [0.4, 0.5) is 0 Å². The number of para-hydroxylation sites is 1. The molecule has 0 bridgehead atoms. The first-order valence-corrected chi connectivity index (χ1v) is 11.3. The summed E-state index contributed by atoms with van der Waals surface area (Å²) in [5.41, 5.74) is 0.659. The normalized spacial score (nSPS) is 24.8. The summed E-state index contributed by atoms with van der Waals surface area (Å²) in [6, 6.07) is 7.69. The quantitative estimate of drug-likeness (QED) is 0.650. The molecule has 4 rings (SSSR count). The number of morpholine rings is 1. The topological polar surface area (TPSA) is 74.3 Å². The van der Waals surface area contributed by atoms with Gasteiger partial charge in [0.1, 0.15) is 5.75 Å². The minimum atomic E-state index is -0.298. The molecule has 1 atom stereocenters. The predicted molar refractivity (Wildman–Crippen MR) is 117 cm³/mol. The smallest absolute Gasteiger partial charge is 0.234 e. The molecule has 0 radical (unpaired) electrons. The van der Waals surface area contributed by atoms with Crippen molar-refractivity contribution < 1.29 is 19.1 Å². The highest BCUT2D eigenvalue weighted by Crippen LogP contribution is 2.40. The Hall–Kier alpha value is -2.16. The van der Waals surface area contributed by atoms with Crippen LogP contribution in [0.3, 0.4) is 0 Å². The number of benzene rings is 1. The van der Waals surface area contributed by atoms with Gasteiger partial charge in [-0.2, -0.15) is 0 Å². The molecule has 3 fully saturated rings. The fraction of sp³-hybridized carbons (Fsp3) is 0.652. The third-order valence-electron chi connectivity index (χ3n) is 6.86. The second-order valence-corrected chi connectivity index (χ2v) is 8.83. The lowest BCUT2D eigenvalue weighted by molar-refractivity contribution is -0.136. The van der Waals surface area contributed by atoms with Crippen LogP contribution < -0.4 is 10.1 Å². The molecule has 1 unspecified atom stereocenters. The lowest BCUT2D eigenvalue weighted by Gasteiger charge is -2.29. The number of nitrogens with zero attached hydrogens (tertiary/aromatic N) is 3. The third-order valence-corrected chi connectivity index (χ3v) is 6.86. The molecule has 8 heteroatoms. The van der Waals surface area contributed by atoms with Crippen LogP contribution in [0.1, 0.15) is 18.4 Å². The molecule has 3 heterocycles. The van der Waals surface area contributed by atoms with Crippen LogP contribution in [0, 0.1) is 5.41 Å². The van der Waals surface area contributed by atoms with E-state index in [1.807, 2.05) is 29.2 Å². The van der Waals surface area contributed by atoms with Crippen molar-refractivity contribution in [3.05, 3.63) is 29.8 Å². The van der Waals surface area contributed by atoms with Crippen LogP contribution in [-0.2, 0) is 20.9 Å². The summed E-state index contributed by atoms with van der Waals surface area (Å²) in [5, 5.41) is 2.98. The Morgan fingerprint density at radius 2 is 1.87 bits per heavy atom. The second kappa shape index (κ2) is 9.97. The number of likely N-dealkylation sites (tertiary alicyclic amines) is 2. The van der Waals surface area contributed by atoms with Crippen molar-refractivity contribution in [1.82, 2.24) is 20.0 Å². The summed E-state index contributed by atoms with van der Waals surface area (Å²) >= 11 is 0. The molecule has 1 spiro atoms. The first-order chi connectivity index (χ1) is 15.1. The van der Waals surface area contributed by atoms with E-state index in [9.17, 15) is 9.59 Å². The van der Waals surface area contributed by atoms with E-state index in [4.69, 9.17) is 9.47 Å². The molecule has 1 N–H and O–H groups in total. The van der Waals surface area contributed by atoms with Crippen molar-refractivity contribution in [2.24, 2.45) is 5.41 Å². The van der Waals surface area contributed by atoms with Crippen LogP contribution in [0.25, 0.3) is 0 Å². The Morgan fingerprint density at radius 3 is 2.68 bits per heavy atom. The monoisotopic (exact) mass is 430 g/mol. The highest BCUT2D eigenvalue weighted by atomic mass is 16.5. The van der Waals surface area contributed by atoms with Gasteiger partial charge in [-0.1, -0.05) is 18.2 Å². The Labute approximate surface area is 184 Å². The summed E-state index contributed by atoms with van der Waals surface area (Å²) < 4.78 is 10.7. The molecule has 1 aromatic carbocycles. The fourth-order valence-corrected chi connectivity index (χ4v) is 4.97. The first-order valence-electron chi connectivity index (χ1n) is 11.3. The van der Waals surface area contributed by atoms with Crippen molar-refractivity contribution in [2.45, 2.75) is 19.4 Å². The second-order valence-electron chi connectivity index (χ2n) is 8.83. The average Bonchev–Trinajstić information content (AvgIpc) is 3.35. The van der Waals surface area contributed by atoms with Gasteiger partial charge in [-0.3, -0.25) is 19.4 Å². The van der Waals surface area contributed by atoms with E-state index in [0.717, 1.165) is 76.6 Å². The van der Waals surface area contributed by atoms with Crippen molar-refractivity contribution in [3.8, 4) is 5.75 Å². The minimum absolute atomic E-state index is 0.0161. The highest BCUT2D eigenvalue weighted by Gasteiger charge is 2.50. The van der Waals surface area contributed by atoms with Crippen molar-refractivity contribution in [3.63, 3.8) is 0 Å². The van der Waals surface area contributed by atoms with Gasteiger partial charge in [0, 0.05) is 51.4 Å². The van der Waals surface area contributed by atoms with Gasteiger partial charge in [0.05, 0.1) is 32.3 Å². The van der Waals surface area contributed by atoms with Gasteiger partial charge in [0.25, 0.3) is 0 Å². The maximum Gasteiger partial charge on any atom is 0.234 e. The molecular formula is C23H34N4O4. The maximum absolute atomic E-state index is 13.2. The van der Waals surface area contributed by atoms with Crippen molar-refractivity contribution in [1.29, 1.82) is 0 Å². The number of hydrogen-bond acceptors (Lipinski definition) is 6. The first kappa shape index (κ1) is 22.0. The van der Waals surface area contributed by atoms with E-state index in [1.54, 1.807) is 7.11 Å². The molecule has 3 aliphatic heterocycles. The number of rotatable bonds is 8. The van der Waals surface area contributed by atoms with Crippen LogP contribution in [0.15, 0.2) is 24.3 Å². The lowest BCUT2D eigenvalue weighted by atomic mass is 9.85.